The lowest BCUT2D eigenvalue weighted by atomic mass is 10.3. The lowest BCUT2D eigenvalue weighted by molar-refractivity contribution is 0.532. The van der Waals surface area contributed by atoms with Gasteiger partial charge in [0.05, 0.1) is 12.7 Å². The molecule has 0 atom stereocenters. The molecule has 0 saturated carbocycles. The summed E-state index contributed by atoms with van der Waals surface area (Å²) in [6.07, 6.45) is 1.66. The summed E-state index contributed by atoms with van der Waals surface area (Å²) in [6.45, 7) is 2.24. The molecule has 2 aromatic heterocycles. The van der Waals surface area contributed by atoms with Crippen LogP contribution in [0.25, 0.3) is 11.1 Å². The van der Waals surface area contributed by atoms with E-state index in [4.69, 9.17) is 10.2 Å². The van der Waals surface area contributed by atoms with Gasteiger partial charge in [0.2, 0.25) is 5.89 Å². The van der Waals surface area contributed by atoms with Crippen LogP contribution in [0.15, 0.2) is 16.7 Å². The highest BCUT2D eigenvalue weighted by molar-refractivity contribution is 5.71. The van der Waals surface area contributed by atoms with Crippen molar-refractivity contribution in [1.29, 1.82) is 0 Å². The van der Waals surface area contributed by atoms with Crippen LogP contribution in [0.1, 0.15) is 11.6 Å². The van der Waals surface area contributed by atoms with Crippen molar-refractivity contribution in [2.24, 2.45) is 5.73 Å². The SMILES string of the molecule is Cc1cc2nc(CN)oc2cn1. The molecule has 0 fully saturated rings. The van der Waals surface area contributed by atoms with E-state index < -0.39 is 0 Å². The zero-order chi connectivity index (χ0) is 8.55. The molecule has 0 saturated heterocycles. The first-order valence-corrected chi connectivity index (χ1v) is 3.72. The van der Waals surface area contributed by atoms with E-state index in [-0.39, 0.29) is 0 Å². The quantitative estimate of drug-likeness (QED) is 0.680. The molecular weight excluding hydrogens is 154 g/mol. The van der Waals surface area contributed by atoms with Gasteiger partial charge in [0, 0.05) is 5.69 Å². The van der Waals surface area contributed by atoms with Crippen LogP contribution in [0.5, 0.6) is 0 Å². The van der Waals surface area contributed by atoms with E-state index in [2.05, 4.69) is 9.97 Å². The van der Waals surface area contributed by atoms with Gasteiger partial charge >= 0.3 is 0 Å². The second-order valence-corrected chi connectivity index (χ2v) is 2.61. The fourth-order valence-electron chi connectivity index (χ4n) is 1.07. The van der Waals surface area contributed by atoms with Crippen molar-refractivity contribution < 1.29 is 4.42 Å². The lowest BCUT2D eigenvalue weighted by Gasteiger charge is -1.87. The average molecular weight is 163 g/mol. The van der Waals surface area contributed by atoms with Gasteiger partial charge in [-0.2, -0.15) is 0 Å². The van der Waals surface area contributed by atoms with Crippen LogP contribution in [0.4, 0.5) is 0 Å². The van der Waals surface area contributed by atoms with Crippen LogP contribution in [-0.2, 0) is 6.54 Å². The summed E-state index contributed by atoms with van der Waals surface area (Å²) < 4.78 is 5.27. The molecule has 0 spiro atoms. The predicted octanol–water partition coefficient (Wildman–Crippen LogP) is 0.990. The average Bonchev–Trinajstić information content (AvgIpc) is 2.46. The van der Waals surface area contributed by atoms with E-state index in [9.17, 15) is 0 Å². The van der Waals surface area contributed by atoms with Gasteiger partial charge in [-0.1, -0.05) is 0 Å². The third-order valence-corrected chi connectivity index (χ3v) is 1.63. The minimum atomic E-state index is 0.327. The maximum atomic E-state index is 5.38. The molecule has 0 aliphatic heterocycles. The topological polar surface area (TPSA) is 64.9 Å². The van der Waals surface area contributed by atoms with Crippen molar-refractivity contribution in [3.8, 4) is 0 Å². The maximum absolute atomic E-state index is 5.38. The summed E-state index contributed by atoms with van der Waals surface area (Å²) in [5, 5.41) is 0. The summed E-state index contributed by atoms with van der Waals surface area (Å²) >= 11 is 0. The number of aromatic nitrogens is 2. The van der Waals surface area contributed by atoms with Crippen molar-refractivity contribution in [1.82, 2.24) is 9.97 Å². The van der Waals surface area contributed by atoms with Crippen molar-refractivity contribution in [3.63, 3.8) is 0 Å². The zero-order valence-electron chi connectivity index (χ0n) is 6.74. The van der Waals surface area contributed by atoms with Gasteiger partial charge in [0.15, 0.2) is 5.58 Å². The molecule has 0 bridgehead atoms. The number of oxazole rings is 1. The van der Waals surface area contributed by atoms with Crippen LogP contribution in [-0.4, -0.2) is 9.97 Å². The van der Waals surface area contributed by atoms with E-state index in [1.165, 1.54) is 0 Å². The first-order valence-electron chi connectivity index (χ1n) is 3.72. The fourth-order valence-corrected chi connectivity index (χ4v) is 1.07. The first-order chi connectivity index (χ1) is 5.79. The molecule has 0 amide bonds. The van der Waals surface area contributed by atoms with E-state index in [0.717, 1.165) is 11.2 Å². The molecule has 4 nitrogen and oxygen atoms in total. The molecule has 2 heterocycles. The van der Waals surface area contributed by atoms with E-state index in [0.29, 0.717) is 18.0 Å². The number of aryl methyl sites for hydroxylation is 1. The van der Waals surface area contributed by atoms with Crippen molar-refractivity contribution >= 4 is 11.1 Å². The largest absolute Gasteiger partial charge is 0.438 e. The minimum Gasteiger partial charge on any atom is -0.438 e. The molecule has 4 heteroatoms. The fraction of sp³-hybridized carbons (Fsp3) is 0.250. The number of rotatable bonds is 1. The van der Waals surface area contributed by atoms with Crippen molar-refractivity contribution in [2.45, 2.75) is 13.5 Å². The number of nitrogens with zero attached hydrogens (tertiary/aromatic N) is 2. The highest BCUT2D eigenvalue weighted by Gasteiger charge is 2.03. The number of pyridine rings is 1. The molecule has 62 valence electrons. The van der Waals surface area contributed by atoms with Gasteiger partial charge < -0.3 is 10.2 Å². The molecule has 0 radical (unpaired) electrons. The third-order valence-electron chi connectivity index (χ3n) is 1.63. The van der Waals surface area contributed by atoms with Gasteiger partial charge in [0.1, 0.15) is 5.52 Å². The number of nitrogens with two attached hydrogens (primary N) is 1. The second kappa shape index (κ2) is 2.57. The smallest absolute Gasteiger partial charge is 0.209 e. The summed E-state index contributed by atoms with van der Waals surface area (Å²) in [4.78, 5) is 8.24. The monoisotopic (exact) mass is 163 g/mol. The van der Waals surface area contributed by atoms with Gasteiger partial charge in [-0.15, -0.1) is 0 Å². The van der Waals surface area contributed by atoms with Crippen LogP contribution in [0.3, 0.4) is 0 Å². The van der Waals surface area contributed by atoms with Crippen LogP contribution >= 0.6 is 0 Å². The standard InChI is InChI=1S/C8H9N3O/c1-5-2-6-7(4-10-5)12-8(3-9)11-6/h2,4H,3,9H2,1H3. The number of hydrogen-bond acceptors (Lipinski definition) is 4. The Morgan fingerprint density at radius 3 is 3.17 bits per heavy atom. The van der Waals surface area contributed by atoms with Gasteiger partial charge in [-0.3, -0.25) is 4.98 Å². The Bertz CT molecular complexity index is 408. The molecule has 0 aliphatic carbocycles. The molecule has 2 N–H and O–H groups in total. The summed E-state index contributed by atoms with van der Waals surface area (Å²) in [5.74, 6) is 0.553. The van der Waals surface area contributed by atoms with E-state index in [1.807, 2.05) is 13.0 Å². The highest BCUT2D eigenvalue weighted by atomic mass is 16.3. The Hall–Kier alpha value is -1.42. The van der Waals surface area contributed by atoms with Crippen molar-refractivity contribution in [2.75, 3.05) is 0 Å². The summed E-state index contributed by atoms with van der Waals surface area (Å²) in [7, 11) is 0. The highest BCUT2D eigenvalue weighted by Crippen LogP contribution is 2.14. The molecule has 12 heavy (non-hydrogen) atoms. The van der Waals surface area contributed by atoms with Crippen LogP contribution in [0, 0.1) is 6.92 Å². The first kappa shape index (κ1) is 7.24. The minimum absolute atomic E-state index is 0.327. The molecule has 0 aromatic carbocycles. The Kier molecular flexibility index (Phi) is 1.55. The van der Waals surface area contributed by atoms with Gasteiger partial charge in [-0.25, -0.2) is 4.98 Å². The van der Waals surface area contributed by atoms with Gasteiger partial charge in [-0.05, 0) is 13.0 Å². The summed E-state index contributed by atoms with van der Waals surface area (Å²) in [6, 6.07) is 1.87. The Morgan fingerprint density at radius 1 is 1.58 bits per heavy atom. The second-order valence-electron chi connectivity index (χ2n) is 2.61. The van der Waals surface area contributed by atoms with Gasteiger partial charge in [0.25, 0.3) is 0 Å². The maximum Gasteiger partial charge on any atom is 0.209 e. The molecule has 0 unspecified atom stereocenters. The Labute approximate surface area is 69.4 Å². The predicted molar refractivity (Wildman–Crippen MR) is 44.4 cm³/mol. The normalized spacial score (nSPS) is 10.8. The molecule has 0 aliphatic rings. The van der Waals surface area contributed by atoms with Crippen LogP contribution in [0.2, 0.25) is 0 Å². The third kappa shape index (κ3) is 1.06. The molecule has 2 rings (SSSR count). The van der Waals surface area contributed by atoms with Crippen LogP contribution < -0.4 is 5.73 Å². The van der Waals surface area contributed by atoms with Crippen molar-refractivity contribution in [3.05, 3.63) is 23.8 Å². The zero-order valence-corrected chi connectivity index (χ0v) is 6.74. The lowest BCUT2D eigenvalue weighted by Crippen LogP contribution is -1.94. The summed E-state index contributed by atoms with van der Waals surface area (Å²) in [5.41, 5.74) is 7.82. The number of hydrogen-bond donors (Lipinski definition) is 1. The van der Waals surface area contributed by atoms with E-state index >= 15 is 0 Å². The Morgan fingerprint density at radius 2 is 2.42 bits per heavy atom. The molecule has 2 aromatic rings. The Balaban J connectivity index is 2.67. The molecular formula is C8H9N3O. The van der Waals surface area contributed by atoms with E-state index in [1.54, 1.807) is 6.20 Å². The number of fused-ring (bicyclic) bond motifs is 1.